The van der Waals surface area contributed by atoms with Crippen molar-refractivity contribution in [1.82, 2.24) is 0 Å². The van der Waals surface area contributed by atoms with Gasteiger partial charge in [0.2, 0.25) is 16.6 Å². The fourth-order valence-corrected chi connectivity index (χ4v) is 6.16. The summed E-state index contributed by atoms with van der Waals surface area (Å²) in [6.45, 7) is 2.28. The number of hydrogen-bond acceptors (Lipinski definition) is 0. The van der Waals surface area contributed by atoms with Gasteiger partial charge in [0.15, 0.2) is 0 Å². The van der Waals surface area contributed by atoms with Crippen LogP contribution in [0.25, 0.3) is 60.0 Å². The molecule has 0 aliphatic heterocycles. The molecule has 0 fully saturated rings. The summed E-state index contributed by atoms with van der Waals surface area (Å²) in [5.41, 5.74) is 7.88. The third-order valence-corrected chi connectivity index (χ3v) is 7.87. The van der Waals surface area contributed by atoms with Gasteiger partial charge in [-0.25, -0.2) is 0 Å². The molecule has 0 aliphatic carbocycles. The van der Waals surface area contributed by atoms with E-state index >= 15 is 0 Å². The summed E-state index contributed by atoms with van der Waals surface area (Å²) in [7, 11) is 0. The van der Waals surface area contributed by atoms with Gasteiger partial charge in [0.25, 0.3) is 0 Å². The minimum Gasteiger partial charge on any atom is -0.152 e. The molecule has 7 rings (SSSR count). The lowest BCUT2D eigenvalue weighted by atomic mass is 9.92. The van der Waals surface area contributed by atoms with Crippen molar-refractivity contribution in [3.63, 3.8) is 0 Å². The zero-order valence-electron chi connectivity index (χ0n) is 20.8. The molecule has 0 aliphatic rings. The summed E-state index contributed by atoms with van der Waals surface area (Å²) in [6, 6.07) is 38.4. The minimum atomic E-state index is 1.14. The van der Waals surface area contributed by atoms with Crippen molar-refractivity contribution >= 4 is 48.9 Å². The van der Waals surface area contributed by atoms with E-state index in [-0.39, 0.29) is 0 Å². The molecule has 0 unspecified atom stereocenters. The van der Waals surface area contributed by atoms with Gasteiger partial charge in [0, 0.05) is 22.9 Å². The van der Waals surface area contributed by atoms with Gasteiger partial charge in [0.1, 0.15) is 0 Å². The molecular formula is C35H30N+. The average molecular weight is 465 g/mol. The van der Waals surface area contributed by atoms with E-state index in [1.54, 1.807) is 0 Å². The van der Waals surface area contributed by atoms with Crippen LogP contribution in [0.4, 0.5) is 0 Å². The largest absolute Gasteiger partial charge is 0.227 e. The first-order chi connectivity index (χ1) is 17.8. The highest BCUT2D eigenvalue weighted by atomic mass is 14.9. The van der Waals surface area contributed by atoms with E-state index in [1.807, 2.05) is 0 Å². The molecule has 3 aromatic heterocycles. The zero-order chi connectivity index (χ0) is 24.1. The van der Waals surface area contributed by atoms with Crippen molar-refractivity contribution in [1.29, 1.82) is 0 Å². The molecule has 0 amide bonds. The zero-order valence-corrected chi connectivity index (χ0v) is 20.8. The molecule has 0 N–H and O–H groups in total. The average Bonchev–Trinajstić information content (AvgIpc) is 2.95. The lowest BCUT2D eigenvalue weighted by Crippen LogP contribution is -2.26. The molecule has 0 spiro atoms. The summed E-state index contributed by atoms with van der Waals surface area (Å²) in [5, 5.41) is 8.07. The van der Waals surface area contributed by atoms with E-state index in [1.165, 1.54) is 91.2 Å². The van der Waals surface area contributed by atoms with Gasteiger partial charge in [0.05, 0.1) is 21.5 Å². The van der Waals surface area contributed by atoms with Crippen LogP contribution in [-0.2, 0) is 6.42 Å². The number of aryl methyl sites for hydroxylation is 1. The van der Waals surface area contributed by atoms with Crippen LogP contribution in [0.5, 0.6) is 0 Å². The first kappa shape index (κ1) is 21.3. The van der Waals surface area contributed by atoms with Crippen molar-refractivity contribution in [3.8, 4) is 11.1 Å². The van der Waals surface area contributed by atoms with Gasteiger partial charge >= 0.3 is 0 Å². The van der Waals surface area contributed by atoms with E-state index in [2.05, 4.69) is 114 Å². The minimum absolute atomic E-state index is 1.14. The fourth-order valence-electron chi connectivity index (χ4n) is 6.16. The summed E-state index contributed by atoms with van der Waals surface area (Å²) >= 11 is 0. The highest BCUT2D eigenvalue weighted by Crippen LogP contribution is 2.37. The van der Waals surface area contributed by atoms with Crippen molar-refractivity contribution in [2.24, 2.45) is 0 Å². The molecule has 0 bridgehead atoms. The van der Waals surface area contributed by atoms with E-state index in [0.29, 0.717) is 0 Å². The third-order valence-electron chi connectivity index (χ3n) is 7.87. The molecule has 36 heavy (non-hydrogen) atoms. The fraction of sp³-hybridized carbons (Fsp3) is 0.171. The van der Waals surface area contributed by atoms with E-state index in [4.69, 9.17) is 0 Å². The molecule has 1 heteroatoms. The van der Waals surface area contributed by atoms with Crippen molar-refractivity contribution in [2.45, 2.75) is 39.0 Å². The maximum Gasteiger partial charge on any atom is 0.227 e. The van der Waals surface area contributed by atoms with Crippen molar-refractivity contribution < 1.29 is 4.40 Å². The maximum atomic E-state index is 2.53. The Morgan fingerprint density at radius 3 is 1.64 bits per heavy atom. The van der Waals surface area contributed by atoms with Crippen LogP contribution >= 0.6 is 0 Å². The first-order valence-electron chi connectivity index (χ1n) is 13.4. The number of pyridine rings is 3. The summed E-state index contributed by atoms with van der Waals surface area (Å²) < 4.78 is 2.53. The van der Waals surface area contributed by atoms with Crippen LogP contribution < -0.4 is 4.40 Å². The Kier molecular flexibility index (Phi) is 5.10. The van der Waals surface area contributed by atoms with Crippen molar-refractivity contribution in [2.75, 3.05) is 0 Å². The predicted octanol–water partition coefficient (Wildman–Crippen LogP) is 9.27. The quantitative estimate of drug-likeness (QED) is 0.0999. The lowest BCUT2D eigenvalue weighted by molar-refractivity contribution is -0.448. The first-order valence-corrected chi connectivity index (χ1v) is 13.4. The van der Waals surface area contributed by atoms with Gasteiger partial charge in [-0.15, -0.1) is 0 Å². The molecule has 0 radical (unpaired) electrons. The Morgan fingerprint density at radius 1 is 0.500 bits per heavy atom. The monoisotopic (exact) mass is 464 g/mol. The number of fused-ring (bicyclic) bond motifs is 6. The molecule has 0 atom stereocenters. The van der Waals surface area contributed by atoms with E-state index in [9.17, 15) is 0 Å². The molecule has 0 saturated carbocycles. The molecule has 7 aromatic rings. The Balaban J connectivity index is 1.65. The number of aromatic nitrogens is 1. The van der Waals surface area contributed by atoms with Crippen LogP contribution in [-0.4, -0.2) is 0 Å². The second kappa shape index (κ2) is 8.60. The van der Waals surface area contributed by atoms with E-state index < -0.39 is 0 Å². The Hall–Kier alpha value is -3.97. The summed E-state index contributed by atoms with van der Waals surface area (Å²) in [5.74, 6) is 0. The Bertz CT molecular complexity index is 1760. The number of benzene rings is 4. The van der Waals surface area contributed by atoms with Crippen LogP contribution in [0.1, 0.15) is 38.2 Å². The van der Waals surface area contributed by atoms with Crippen LogP contribution in [0.15, 0.2) is 103 Å². The predicted molar refractivity (Wildman–Crippen MR) is 154 cm³/mol. The standard InChI is InChI=1S/C35H30N/c1-2-3-4-6-13-24-20-31-27-16-9-11-18-29(27)33-22-26(25-14-7-5-8-15-25)23-34-30-19-12-10-17-28(30)32(21-24)35(31)36(33)34/h5,7-12,14-23H,2-4,6,13H2,1H3/q+1. The van der Waals surface area contributed by atoms with Gasteiger partial charge < -0.3 is 0 Å². The van der Waals surface area contributed by atoms with Gasteiger partial charge in [-0.1, -0.05) is 92.9 Å². The van der Waals surface area contributed by atoms with Gasteiger partial charge in [-0.05, 0) is 53.8 Å². The van der Waals surface area contributed by atoms with E-state index in [0.717, 1.165) is 6.42 Å². The number of nitrogens with zero attached hydrogens (tertiary/aromatic N) is 1. The third kappa shape index (κ3) is 3.27. The molecular weight excluding hydrogens is 434 g/mol. The van der Waals surface area contributed by atoms with Crippen molar-refractivity contribution in [3.05, 3.63) is 109 Å². The second-order valence-electron chi connectivity index (χ2n) is 10.2. The normalized spacial score (nSPS) is 12.0. The maximum absolute atomic E-state index is 2.53. The molecule has 174 valence electrons. The van der Waals surface area contributed by atoms with Crippen LogP contribution in [0.3, 0.4) is 0 Å². The lowest BCUT2D eigenvalue weighted by Gasteiger charge is -2.14. The summed E-state index contributed by atoms with van der Waals surface area (Å²) in [6.07, 6.45) is 6.30. The smallest absolute Gasteiger partial charge is 0.152 e. The topological polar surface area (TPSA) is 4.10 Å². The van der Waals surface area contributed by atoms with Gasteiger partial charge in [-0.3, -0.25) is 0 Å². The van der Waals surface area contributed by atoms with Crippen LogP contribution in [0.2, 0.25) is 0 Å². The number of unbranched alkanes of at least 4 members (excludes halogenated alkanes) is 3. The highest BCUT2D eigenvalue weighted by Gasteiger charge is 2.25. The van der Waals surface area contributed by atoms with Crippen LogP contribution in [0, 0.1) is 0 Å². The molecule has 4 aromatic carbocycles. The Labute approximate surface area is 212 Å². The Morgan fingerprint density at radius 2 is 1.06 bits per heavy atom. The SMILES string of the molecule is CCCCCCc1cc2c3ccccc3c3cc(-c4ccccc4)cc4c5ccccc5c(c1)c2[n+]34. The summed E-state index contributed by atoms with van der Waals surface area (Å²) in [4.78, 5) is 0. The molecule has 3 heterocycles. The highest BCUT2D eigenvalue weighted by molar-refractivity contribution is 6.21. The molecule has 1 nitrogen and oxygen atoms in total. The number of hydrogen-bond donors (Lipinski definition) is 0. The molecule has 0 saturated heterocycles. The number of rotatable bonds is 6. The second-order valence-corrected chi connectivity index (χ2v) is 10.2. The van der Waals surface area contributed by atoms with Gasteiger partial charge in [-0.2, -0.15) is 4.40 Å².